The highest BCUT2D eigenvalue weighted by atomic mass is 35.5. The van der Waals surface area contributed by atoms with E-state index in [1.807, 2.05) is 26.8 Å². The first-order chi connectivity index (χ1) is 14.3. The molecule has 3 heterocycles. The first-order valence-electron chi connectivity index (χ1n) is 10.0. The zero-order valence-corrected chi connectivity index (χ0v) is 16.5. The van der Waals surface area contributed by atoms with E-state index >= 15 is 0 Å². The average molecular weight is 397 g/mol. The fourth-order valence-corrected chi connectivity index (χ4v) is 3.52. The van der Waals surface area contributed by atoms with E-state index in [1.165, 1.54) is 6.07 Å². The number of benzene rings is 1. The Hall–Kier alpha value is -2.79. The molecule has 0 fully saturated rings. The van der Waals surface area contributed by atoms with Crippen molar-refractivity contribution in [3.05, 3.63) is 70.3 Å². The lowest BCUT2D eigenvalue weighted by molar-refractivity contribution is 0.630. The lowest BCUT2D eigenvalue weighted by Crippen LogP contribution is -2.26. The summed E-state index contributed by atoms with van der Waals surface area (Å²) in [7, 11) is 0. The molecule has 0 spiro atoms. The zero-order chi connectivity index (χ0) is 21.6. The largest absolute Gasteiger partial charge is 0.304 e. The summed E-state index contributed by atoms with van der Waals surface area (Å²) in [5, 5.41) is 0.217. The zero-order valence-electron chi connectivity index (χ0n) is 17.7. The van der Waals surface area contributed by atoms with E-state index in [9.17, 15) is 4.39 Å². The summed E-state index contributed by atoms with van der Waals surface area (Å²) in [5.74, 6) is -0.0113. The van der Waals surface area contributed by atoms with E-state index in [-0.39, 0.29) is 28.4 Å². The molecule has 142 valence electrons. The Kier molecular flexibility index (Phi) is 4.23. The van der Waals surface area contributed by atoms with Gasteiger partial charge < -0.3 is 4.90 Å². The lowest BCUT2D eigenvalue weighted by Gasteiger charge is -2.30. The van der Waals surface area contributed by atoms with Gasteiger partial charge in [0.2, 0.25) is 0 Å². The van der Waals surface area contributed by atoms with Gasteiger partial charge in [-0.05, 0) is 42.7 Å². The second-order valence-corrected chi connectivity index (χ2v) is 7.32. The summed E-state index contributed by atoms with van der Waals surface area (Å²) >= 11 is 6.43. The molecule has 1 atom stereocenters. The van der Waals surface area contributed by atoms with E-state index < -0.39 is 12.5 Å². The van der Waals surface area contributed by atoms with Crippen molar-refractivity contribution < 1.29 is 7.13 Å². The standard InChI is InChI=1S/C22H20ClFN4/c1-13(2)19-21(14(3)8-9-26-19)28-12-25-11-15-10-17(23)20(27-22(15)28)16-6-4-5-7-18(16)24/h4-11,13H,12H2,1-3H3/i11D,12D. The Labute approximate surface area is 171 Å². The second kappa shape index (κ2) is 7.32. The van der Waals surface area contributed by atoms with Gasteiger partial charge in [-0.2, -0.15) is 0 Å². The quantitative estimate of drug-likeness (QED) is 0.553. The molecule has 0 aliphatic carbocycles. The number of aliphatic imine (C=N–C) groups is 1. The predicted octanol–water partition coefficient (Wildman–Crippen LogP) is 5.90. The molecule has 0 bridgehead atoms. The summed E-state index contributed by atoms with van der Waals surface area (Å²) in [6.07, 6.45) is 1.65. The smallest absolute Gasteiger partial charge is 0.144 e. The van der Waals surface area contributed by atoms with Crippen LogP contribution in [0.25, 0.3) is 11.3 Å². The molecule has 0 saturated heterocycles. The molecule has 3 aromatic rings. The SMILES string of the molecule is [2H]C1=NC([2H])N(c2c(C)ccnc2C(C)C)c2nc(-c3ccccc3F)c(Cl)cc21. The first kappa shape index (κ1) is 16.2. The maximum Gasteiger partial charge on any atom is 0.144 e. The number of aromatic nitrogens is 2. The van der Waals surface area contributed by atoms with E-state index in [0.29, 0.717) is 11.4 Å². The third kappa shape index (κ3) is 3.16. The van der Waals surface area contributed by atoms with Crippen LogP contribution in [0.5, 0.6) is 0 Å². The van der Waals surface area contributed by atoms with Crippen LogP contribution in [0.15, 0.2) is 47.6 Å². The van der Waals surface area contributed by atoms with Gasteiger partial charge in [-0.1, -0.05) is 37.6 Å². The maximum atomic E-state index is 14.5. The summed E-state index contributed by atoms with van der Waals surface area (Å²) < 4.78 is 31.3. The number of halogens is 2. The van der Waals surface area contributed by atoms with Crippen molar-refractivity contribution in [2.45, 2.75) is 26.7 Å². The molecule has 0 radical (unpaired) electrons. The second-order valence-electron chi connectivity index (χ2n) is 6.91. The van der Waals surface area contributed by atoms with E-state index in [1.54, 1.807) is 35.4 Å². The van der Waals surface area contributed by atoms with Gasteiger partial charge in [0.25, 0.3) is 0 Å². The first-order valence-corrected chi connectivity index (χ1v) is 9.34. The van der Waals surface area contributed by atoms with Crippen LogP contribution in [0.1, 0.15) is 39.3 Å². The van der Waals surface area contributed by atoms with Crippen molar-refractivity contribution in [3.8, 4) is 11.3 Å². The van der Waals surface area contributed by atoms with Gasteiger partial charge in [-0.25, -0.2) is 9.37 Å². The summed E-state index contributed by atoms with van der Waals surface area (Å²) in [6.45, 7) is 4.86. The van der Waals surface area contributed by atoms with Crippen LogP contribution in [0, 0.1) is 12.7 Å². The van der Waals surface area contributed by atoms with Crippen molar-refractivity contribution in [3.63, 3.8) is 0 Å². The topological polar surface area (TPSA) is 41.4 Å². The number of rotatable bonds is 3. The summed E-state index contributed by atoms with van der Waals surface area (Å²) in [5.41, 5.74) is 3.33. The molecule has 0 saturated carbocycles. The molecular weight excluding hydrogens is 375 g/mol. The third-order valence-electron chi connectivity index (χ3n) is 4.61. The van der Waals surface area contributed by atoms with Gasteiger partial charge in [0.15, 0.2) is 0 Å². The van der Waals surface area contributed by atoms with Gasteiger partial charge in [0.05, 0.1) is 24.8 Å². The van der Waals surface area contributed by atoms with Gasteiger partial charge in [-0.3, -0.25) is 9.98 Å². The van der Waals surface area contributed by atoms with Crippen LogP contribution in [0.2, 0.25) is 5.02 Å². The van der Waals surface area contributed by atoms with Crippen molar-refractivity contribution in [2.75, 3.05) is 11.5 Å². The van der Waals surface area contributed by atoms with Gasteiger partial charge >= 0.3 is 0 Å². The average Bonchev–Trinajstić information content (AvgIpc) is 2.69. The Bertz CT molecular complexity index is 1170. The molecule has 0 N–H and O–H groups in total. The van der Waals surface area contributed by atoms with Crippen molar-refractivity contribution >= 4 is 29.3 Å². The van der Waals surface area contributed by atoms with Crippen LogP contribution in [-0.2, 0) is 0 Å². The monoisotopic (exact) mass is 396 g/mol. The van der Waals surface area contributed by atoms with Gasteiger partial charge in [-0.15, -0.1) is 0 Å². The lowest BCUT2D eigenvalue weighted by atomic mass is 10.0. The highest BCUT2D eigenvalue weighted by Crippen LogP contribution is 2.39. The molecule has 1 aliphatic heterocycles. The van der Waals surface area contributed by atoms with E-state index in [4.69, 9.17) is 14.3 Å². The molecule has 0 amide bonds. The minimum atomic E-state index is -1.12. The van der Waals surface area contributed by atoms with Crippen LogP contribution in [-0.4, -0.2) is 22.8 Å². The molecule has 1 aromatic carbocycles. The van der Waals surface area contributed by atoms with Crippen LogP contribution in [0.4, 0.5) is 15.9 Å². The minimum Gasteiger partial charge on any atom is -0.304 e. The summed E-state index contributed by atoms with van der Waals surface area (Å²) in [4.78, 5) is 15.0. The van der Waals surface area contributed by atoms with E-state index in [0.717, 1.165) is 16.9 Å². The third-order valence-corrected chi connectivity index (χ3v) is 4.90. The van der Waals surface area contributed by atoms with E-state index in [2.05, 4.69) is 15.0 Å². The van der Waals surface area contributed by atoms with Gasteiger partial charge in [0, 0.05) is 23.5 Å². The maximum absolute atomic E-state index is 14.5. The number of pyridine rings is 2. The predicted molar refractivity (Wildman–Crippen MR) is 112 cm³/mol. The number of aryl methyl sites for hydroxylation is 1. The highest BCUT2D eigenvalue weighted by molar-refractivity contribution is 6.33. The molecule has 4 nitrogen and oxygen atoms in total. The molecule has 4 rings (SSSR count). The number of fused-ring (bicyclic) bond motifs is 1. The highest BCUT2D eigenvalue weighted by Gasteiger charge is 2.25. The van der Waals surface area contributed by atoms with Crippen molar-refractivity contribution in [2.24, 2.45) is 4.99 Å². The Balaban J connectivity index is 2.01. The minimum absolute atomic E-state index is 0.0802. The van der Waals surface area contributed by atoms with Crippen LogP contribution >= 0.6 is 11.6 Å². The Morgan fingerprint density at radius 3 is 2.82 bits per heavy atom. The molecular formula is C22H20ClFN4. The summed E-state index contributed by atoms with van der Waals surface area (Å²) in [6, 6.07) is 9.68. The molecule has 6 heteroatoms. The molecule has 1 aliphatic rings. The fourth-order valence-electron chi connectivity index (χ4n) is 3.27. The number of hydrogen-bond acceptors (Lipinski definition) is 4. The normalized spacial score (nSPS) is 17.1. The number of anilines is 2. The van der Waals surface area contributed by atoms with Crippen molar-refractivity contribution in [1.29, 1.82) is 0 Å². The van der Waals surface area contributed by atoms with Crippen LogP contribution in [0.3, 0.4) is 0 Å². The number of nitrogens with zero attached hydrogens (tertiary/aromatic N) is 4. The number of hydrogen-bond donors (Lipinski definition) is 0. The van der Waals surface area contributed by atoms with Gasteiger partial charge in [0.1, 0.15) is 18.3 Å². The molecule has 1 unspecified atom stereocenters. The molecule has 2 aromatic heterocycles. The Morgan fingerprint density at radius 2 is 2.07 bits per heavy atom. The molecule has 28 heavy (non-hydrogen) atoms. The van der Waals surface area contributed by atoms with Crippen LogP contribution < -0.4 is 4.90 Å². The Morgan fingerprint density at radius 1 is 1.29 bits per heavy atom. The fraction of sp³-hybridized carbons (Fsp3) is 0.227. The van der Waals surface area contributed by atoms with Crippen molar-refractivity contribution in [1.82, 2.24) is 9.97 Å².